The summed E-state index contributed by atoms with van der Waals surface area (Å²) in [5, 5.41) is 7.71. The highest BCUT2D eigenvalue weighted by Gasteiger charge is 2.35. The van der Waals surface area contributed by atoms with Gasteiger partial charge in [0.25, 0.3) is 23.6 Å². The van der Waals surface area contributed by atoms with Gasteiger partial charge in [-0.25, -0.2) is 0 Å². The zero-order valence-corrected chi connectivity index (χ0v) is 14.7. The third-order valence-electron chi connectivity index (χ3n) is 5.40. The van der Waals surface area contributed by atoms with E-state index >= 15 is 0 Å². The van der Waals surface area contributed by atoms with Crippen molar-refractivity contribution < 1.29 is 23.9 Å². The van der Waals surface area contributed by atoms with Gasteiger partial charge in [0.05, 0.1) is 22.3 Å². The summed E-state index contributed by atoms with van der Waals surface area (Å²) in [7, 11) is 0. The maximum atomic E-state index is 12.5. The Morgan fingerprint density at radius 1 is 0.655 bits per heavy atom. The largest absolute Gasteiger partial charge is 0.455 e. The van der Waals surface area contributed by atoms with Crippen LogP contribution in [0.3, 0.4) is 0 Å². The molecule has 0 fully saturated rings. The standard InChI is InChI=1S/C22H10N2O5/c25-19-11-2-1-3-14(16(11)21(27)23-19)29-18-15-10-6-4-9(5-7-10)12(15)8-13-17(18)22(28)24-20(13)26/h1-8H,(H,23,25,27)(H,24,26,28). The average Bonchev–Trinajstić information content (AvgIpc) is 3.18. The molecule has 2 bridgehead atoms. The summed E-state index contributed by atoms with van der Waals surface area (Å²) in [6.07, 6.45) is 0. The van der Waals surface area contributed by atoms with Crippen LogP contribution in [0.15, 0.2) is 48.5 Å². The van der Waals surface area contributed by atoms with E-state index in [0.717, 1.165) is 16.2 Å². The second-order valence-corrected chi connectivity index (χ2v) is 6.98. The summed E-state index contributed by atoms with van der Waals surface area (Å²) in [6, 6.07) is 14.0. The Morgan fingerprint density at radius 2 is 1.31 bits per heavy atom. The molecule has 0 atom stereocenters. The van der Waals surface area contributed by atoms with Gasteiger partial charge in [-0.05, 0) is 34.4 Å². The molecular weight excluding hydrogens is 372 g/mol. The Morgan fingerprint density at radius 3 is 2.07 bits per heavy atom. The van der Waals surface area contributed by atoms with Gasteiger partial charge in [0.1, 0.15) is 11.5 Å². The van der Waals surface area contributed by atoms with E-state index in [2.05, 4.69) is 10.6 Å². The molecular formula is C22H10N2O5. The highest BCUT2D eigenvalue weighted by molar-refractivity contribution is 6.28. The second-order valence-electron chi connectivity index (χ2n) is 6.98. The molecule has 5 aromatic rings. The normalized spacial score (nSPS) is 15.0. The third-order valence-corrected chi connectivity index (χ3v) is 5.40. The van der Waals surface area contributed by atoms with Crippen LogP contribution in [0.2, 0.25) is 0 Å². The van der Waals surface area contributed by atoms with Crippen molar-refractivity contribution in [3.05, 3.63) is 70.8 Å². The van der Waals surface area contributed by atoms with Gasteiger partial charge < -0.3 is 4.74 Å². The van der Waals surface area contributed by atoms with Crippen LogP contribution in [0.1, 0.15) is 41.4 Å². The molecule has 0 aromatic heterocycles. The molecule has 4 amide bonds. The first-order valence-corrected chi connectivity index (χ1v) is 8.87. The smallest absolute Gasteiger partial charge is 0.262 e. The number of carbonyl (C=O) groups excluding carboxylic acids is 4. The number of hydrogen-bond acceptors (Lipinski definition) is 5. The summed E-state index contributed by atoms with van der Waals surface area (Å²) in [4.78, 5) is 49.1. The summed E-state index contributed by atoms with van der Waals surface area (Å²) in [5.74, 6) is -1.78. The van der Waals surface area contributed by atoms with E-state index in [0.29, 0.717) is 5.39 Å². The summed E-state index contributed by atoms with van der Waals surface area (Å²) in [5.41, 5.74) is 0.661. The fourth-order valence-electron chi connectivity index (χ4n) is 4.11. The van der Waals surface area contributed by atoms with Crippen LogP contribution in [0.4, 0.5) is 0 Å². The molecule has 0 saturated carbocycles. The maximum absolute atomic E-state index is 12.5. The predicted molar refractivity (Wildman–Crippen MR) is 103 cm³/mol. The minimum atomic E-state index is -0.564. The molecule has 0 saturated heterocycles. The van der Waals surface area contributed by atoms with Gasteiger partial charge in [-0.15, -0.1) is 0 Å². The Bertz CT molecular complexity index is 1430. The van der Waals surface area contributed by atoms with E-state index in [1.165, 1.54) is 6.07 Å². The fourth-order valence-corrected chi connectivity index (χ4v) is 4.11. The van der Waals surface area contributed by atoms with E-state index in [-0.39, 0.29) is 33.8 Å². The van der Waals surface area contributed by atoms with E-state index in [1.807, 2.05) is 24.3 Å². The molecule has 5 aromatic carbocycles. The minimum absolute atomic E-state index is 0.110. The molecule has 7 rings (SSSR count). The Labute approximate surface area is 162 Å². The Kier molecular flexibility index (Phi) is 2.81. The van der Waals surface area contributed by atoms with Crippen LogP contribution in [-0.2, 0) is 0 Å². The van der Waals surface area contributed by atoms with Gasteiger partial charge in [-0.1, -0.05) is 30.3 Å². The number of ether oxygens (including phenoxy) is 1. The lowest BCUT2D eigenvalue weighted by Gasteiger charge is -2.16. The van der Waals surface area contributed by atoms with E-state index in [4.69, 9.17) is 4.74 Å². The van der Waals surface area contributed by atoms with E-state index in [1.54, 1.807) is 18.2 Å². The molecule has 0 unspecified atom stereocenters. The Balaban J connectivity index is 1.68. The van der Waals surface area contributed by atoms with Gasteiger partial charge in [0.15, 0.2) is 0 Å². The summed E-state index contributed by atoms with van der Waals surface area (Å²) in [6.45, 7) is 0. The number of amides is 4. The lowest BCUT2D eigenvalue weighted by molar-refractivity contribution is 0.0863. The van der Waals surface area contributed by atoms with Gasteiger partial charge in [-0.3, -0.25) is 29.8 Å². The monoisotopic (exact) mass is 382 g/mol. The number of imide groups is 2. The molecule has 2 N–H and O–H groups in total. The van der Waals surface area contributed by atoms with Crippen molar-refractivity contribution in [1.82, 2.24) is 10.6 Å². The summed E-state index contributed by atoms with van der Waals surface area (Å²) >= 11 is 0. The van der Waals surface area contributed by atoms with Gasteiger partial charge in [0.2, 0.25) is 0 Å². The first kappa shape index (κ1) is 15.8. The third kappa shape index (κ3) is 1.96. The van der Waals surface area contributed by atoms with Crippen molar-refractivity contribution in [1.29, 1.82) is 0 Å². The molecule has 29 heavy (non-hydrogen) atoms. The van der Waals surface area contributed by atoms with Gasteiger partial charge in [-0.2, -0.15) is 0 Å². The number of hydrogen-bond donors (Lipinski definition) is 2. The molecule has 2 aliphatic rings. The molecule has 2 aliphatic heterocycles. The number of benzene rings is 5. The first-order valence-electron chi connectivity index (χ1n) is 8.87. The quantitative estimate of drug-likeness (QED) is 0.519. The van der Waals surface area contributed by atoms with E-state index in [9.17, 15) is 19.2 Å². The molecule has 7 heteroatoms. The summed E-state index contributed by atoms with van der Waals surface area (Å²) < 4.78 is 6.12. The van der Waals surface area contributed by atoms with Crippen molar-refractivity contribution in [2.75, 3.05) is 0 Å². The fraction of sp³-hybridized carbons (Fsp3) is 0. The lowest BCUT2D eigenvalue weighted by Crippen LogP contribution is -2.20. The lowest BCUT2D eigenvalue weighted by atomic mass is 9.93. The zero-order chi connectivity index (χ0) is 19.9. The van der Waals surface area contributed by atoms with Crippen molar-refractivity contribution in [3.63, 3.8) is 0 Å². The van der Waals surface area contributed by atoms with Crippen LogP contribution in [0, 0.1) is 0 Å². The van der Waals surface area contributed by atoms with Crippen molar-refractivity contribution in [2.45, 2.75) is 0 Å². The van der Waals surface area contributed by atoms with Crippen molar-refractivity contribution in [3.8, 4) is 11.5 Å². The first-order chi connectivity index (χ1) is 14.0. The topological polar surface area (TPSA) is 102 Å². The zero-order valence-electron chi connectivity index (χ0n) is 14.7. The van der Waals surface area contributed by atoms with E-state index < -0.39 is 23.6 Å². The molecule has 0 radical (unpaired) electrons. The molecule has 0 spiro atoms. The number of nitrogens with one attached hydrogen (secondary N) is 2. The van der Waals surface area contributed by atoms with Gasteiger partial charge >= 0.3 is 0 Å². The molecule has 0 aliphatic carbocycles. The number of carbonyl (C=O) groups is 4. The number of rotatable bonds is 2. The van der Waals surface area contributed by atoms with Crippen LogP contribution >= 0.6 is 0 Å². The Hall–Kier alpha value is -4.26. The molecule has 2 heterocycles. The maximum Gasteiger partial charge on any atom is 0.262 e. The SMILES string of the molecule is O=C1NC(=O)c2c(Oc3c4c(cc5c6ccc(cc6)c35)C(=O)NC4=O)cccc21. The minimum Gasteiger partial charge on any atom is -0.455 e. The average molecular weight is 382 g/mol. The van der Waals surface area contributed by atoms with Crippen LogP contribution in [0.5, 0.6) is 11.5 Å². The predicted octanol–water partition coefficient (Wildman–Crippen LogP) is 2.99. The van der Waals surface area contributed by atoms with Crippen LogP contribution < -0.4 is 15.4 Å². The second kappa shape index (κ2) is 5.17. The van der Waals surface area contributed by atoms with Gasteiger partial charge in [0, 0.05) is 5.39 Å². The van der Waals surface area contributed by atoms with Crippen molar-refractivity contribution >= 4 is 45.2 Å². The number of fused-ring (bicyclic) bond motifs is 4. The van der Waals surface area contributed by atoms with Crippen LogP contribution in [0.25, 0.3) is 21.5 Å². The van der Waals surface area contributed by atoms with Crippen LogP contribution in [-0.4, -0.2) is 23.6 Å². The highest BCUT2D eigenvalue weighted by Crippen LogP contribution is 2.43. The highest BCUT2D eigenvalue weighted by atomic mass is 16.5. The molecule has 7 nitrogen and oxygen atoms in total. The van der Waals surface area contributed by atoms with Crippen molar-refractivity contribution in [2.24, 2.45) is 0 Å². The molecule has 138 valence electrons.